The highest BCUT2D eigenvalue weighted by Crippen LogP contribution is 2.30. The Balaban J connectivity index is 2.86. The molecule has 7 heteroatoms. The molecule has 0 saturated heterocycles. The summed E-state index contributed by atoms with van der Waals surface area (Å²) in [6.45, 7) is 0. The van der Waals surface area contributed by atoms with Crippen LogP contribution in [0.5, 0.6) is 0 Å². The van der Waals surface area contributed by atoms with Crippen LogP contribution in [0, 0.1) is 15.9 Å². The van der Waals surface area contributed by atoms with Crippen LogP contribution in [0.15, 0.2) is 18.6 Å². The highest BCUT2D eigenvalue weighted by atomic mass is 35.5. The van der Waals surface area contributed by atoms with E-state index in [1.807, 2.05) is 0 Å². The summed E-state index contributed by atoms with van der Waals surface area (Å²) < 4.78 is 13.1. The Kier molecular flexibility index (Phi) is 2.20. The molecule has 2 rings (SSSR count). The SMILES string of the molecule is O=[N+]([O-])c1cnc2c(F)cncc2c1Cl. The van der Waals surface area contributed by atoms with E-state index in [4.69, 9.17) is 11.6 Å². The fourth-order valence-electron chi connectivity index (χ4n) is 1.17. The molecule has 0 aliphatic carbocycles. The maximum absolute atomic E-state index is 13.1. The van der Waals surface area contributed by atoms with Gasteiger partial charge in [-0.15, -0.1) is 0 Å². The van der Waals surface area contributed by atoms with Gasteiger partial charge in [-0.25, -0.2) is 9.37 Å². The first-order chi connectivity index (χ1) is 7.11. The standard InChI is InChI=1S/C8H3ClFN3O2/c9-7-4-1-11-2-5(10)8(4)12-3-6(7)13(14)15/h1-3H. The normalized spacial score (nSPS) is 10.5. The predicted octanol–water partition coefficient (Wildman–Crippen LogP) is 2.33. The van der Waals surface area contributed by atoms with Crippen molar-refractivity contribution in [3.8, 4) is 0 Å². The lowest BCUT2D eigenvalue weighted by molar-refractivity contribution is -0.384. The van der Waals surface area contributed by atoms with Gasteiger partial charge in [0.15, 0.2) is 5.82 Å². The van der Waals surface area contributed by atoms with Crippen LogP contribution in [0.25, 0.3) is 10.9 Å². The predicted molar refractivity (Wildman–Crippen MR) is 51.2 cm³/mol. The largest absolute Gasteiger partial charge is 0.306 e. The minimum atomic E-state index is -0.681. The van der Waals surface area contributed by atoms with Gasteiger partial charge in [0, 0.05) is 11.6 Å². The quantitative estimate of drug-likeness (QED) is 0.554. The zero-order valence-corrected chi connectivity index (χ0v) is 7.90. The zero-order valence-electron chi connectivity index (χ0n) is 7.15. The molecule has 0 amide bonds. The first-order valence-electron chi connectivity index (χ1n) is 3.83. The molecule has 15 heavy (non-hydrogen) atoms. The van der Waals surface area contributed by atoms with Gasteiger partial charge in [-0.1, -0.05) is 11.6 Å². The Morgan fingerprint density at radius 2 is 2.13 bits per heavy atom. The van der Waals surface area contributed by atoms with Crippen LogP contribution < -0.4 is 0 Å². The zero-order chi connectivity index (χ0) is 11.0. The van der Waals surface area contributed by atoms with Gasteiger partial charge in [0.2, 0.25) is 0 Å². The summed E-state index contributed by atoms with van der Waals surface area (Å²) in [6.07, 6.45) is 3.13. The second-order valence-corrected chi connectivity index (χ2v) is 3.11. The highest BCUT2D eigenvalue weighted by molar-refractivity contribution is 6.37. The molecule has 2 heterocycles. The molecule has 0 spiro atoms. The van der Waals surface area contributed by atoms with E-state index in [2.05, 4.69) is 9.97 Å². The van der Waals surface area contributed by atoms with E-state index >= 15 is 0 Å². The Bertz CT molecular complexity index is 561. The lowest BCUT2D eigenvalue weighted by Gasteiger charge is -2.00. The molecule has 0 unspecified atom stereocenters. The molecule has 0 aliphatic rings. The van der Waals surface area contributed by atoms with Gasteiger partial charge in [0.25, 0.3) is 0 Å². The molecule has 0 aromatic carbocycles. The highest BCUT2D eigenvalue weighted by Gasteiger charge is 2.17. The number of halogens is 2. The smallest absolute Gasteiger partial charge is 0.261 e. The second kappa shape index (κ2) is 3.39. The van der Waals surface area contributed by atoms with E-state index in [1.165, 1.54) is 6.20 Å². The second-order valence-electron chi connectivity index (χ2n) is 2.73. The average molecular weight is 228 g/mol. The first-order valence-corrected chi connectivity index (χ1v) is 4.21. The number of aromatic nitrogens is 2. The van der Waals surface area contributed by atoms with Gasteiger partial charge in [0.05, 0.1) is 11.1 Å². The summed E-state index contributed by atoms with van der Waals surface area (Å²) >= 11 is 5.72. The van der Waals surface area contributed by atoms with Crippen LogP contribution in [-0.4, -0.2) is 14.9 Å². The van der Waals surface area contributed by atoms with E-state index in [0.29, 0.717) is 0 Å². The summed E-state index contributed by atoms with van der Waals surface area (Å²) in [7, 11) is 0. The van der Waals surface area contributed by atoms with Crippen LogP contribution in [0.2, 0.25) is 5.02 Å². The minimum absolute atomic E-state index is 0.0272. The van der Waals surface area contributed by atoms with Gasteiger partial charge in [-0.3, -0.25) is 15.1 Å². The van der Waals surface area contributed by atoms with Crippen LogP contribution in [-0.2, 0) is 0 Å². The van der Waals surface area contributed by atoms with E-state index in [9.17, 15) is 14.5 Å². The molecule has 2 aromatic rings. The molecule has 0 bridgehead atoms. The molecule has 0 saturated carbocycles. The Hall–Kier alpha value is -1.82. The van der Waals surface area contributed by atoms with Crippen molar-refractivity contribution in [3.05, 3.63) is 39.5 Å². The molecule has 0 aliphatic heterocycles. The fourth-order valence-corrected chi connectivity index (χ4v) is 1.42. The van der Waals surface area contributed by atoms with Gasteiger partial charge in [-0.2, -0.15) is 0 Å². The minimum Gasteiger partial charge on any atom is -0.261 e. The lowest BCUT2D eigenvalue weighted by Crippen LogP contribution is -1.94. The summed E-state index contributed by atoms with van der Waals surface area (Å²) in [4.78, 5) is 17.0. The number of hydrogen-bond acceptors (Lipinski definition) is 4. The number of nitrogens with zero attached hydrogens (tertiary/aromatic N) is 3. The molecule has 0 N–H and O–H groups in total. The molecule has 0 fully saturated rings. The summed E-state index contributed by atoms with van der Waals surface area (Å²) in [5, 5.41) is 10.5. The number of fused-ring (bicyclic) bond motifs is 1. The van der Waals surface area contributed by atoms with Gasteiger partial charge >= 0.3 is 5.69 Å². The molecule has 2 aromatic heterocycles. The van der Waals surface area contributed by atoms with Crippen molar-refractivity contribution in [1.82, 2.24) is 9.97 Å². The maximum Gasteiger partial charge on any atom is 0.306 e. The van der Waals surface area contributed by atoms with Crippen molar-refractivity contribution in [1.29, 1.82) is 0 Å². The first kappa shape index (κ1) is 9.72. The number of rotatable bonds is 1. The fraction of sp³-hybridized carbons (Fsp3) is 0. The lowest BCUT2D eigenvalue weighted by atomic mass is 10.2. The third kappa shape index (κ3) is 1.48. The molecule has 76 valence electrons. The van der Waals surface area contributed by atoms with E-state index in [1.54, 1.807) is 0 Å². The van der Waals surface area contributed by atoms with Crippen molar-refractivity contribution in [2.75, 3.05) is 0 Å². The Morgan fingerprint density at radius 1 is 1.40 bits per heavy atom. The van der Waals surface area contributed by atoms with E-state index in [-0.39, 0.29) is 21.6 Å². The third-order valence-corrected chi connectivity index (χ3v) is 2.24. The molecule has 0 radical (unpaired) electrons. The Labute approximate surface area is 87.7 Å². The van der Waals surface area contributed by atoms with Gasteiger partial charge < -0.3 is 0 Å². The van der Waals surface area contributed by atoms with Crippen molar-refractivity contribution in [2.24, 2.45) is 0 Å². The van der Waals surface area contributed by atoms with Gasteiger partial charge in [-0.05, 0) is 0 Å². The summed E-state index contributed by atoms with van der Waals surface area (Å²) in [6, 6.07) is 0. The number of pyridine rings is 2. The Morgan fingerprint density at radius 3 is 2.80 bits per heavy atom. The summed E-state index contributed by atoms with van der Waals surface area (Å²) in [5.74, 6) is -0.663. The molecular formula is C8H3ClFN3O2. The van der Waals surface area contributed by atoms with Gasteiger partial charge in [0.1, 0.15) is 16.7 Å². The van der Waals surface area contributed by atoms with Crippen LogP contribution >= 0.6 is 11.6 Å². The van der Waals surface area contributed by atoms with Crippen molar-refractivity contribution >= 4 is 28.2 Å². The maximum atomic E-state index is 13.1. The molecular weight excluding hydrogens is 225 g/mol. The van der Waals surface area contributed by atoms with Crippen molar-refractivity contribution in [2.45, 2.75) is 0 Å². The number of nitro groups is 1. The van der Waals surface area contributed by atoms with Crippen LogP contribution in [0.3, 0.4) is 0 Å². The van der Waals surface area contributed by atoms with Crippen molar-refractivity contribution < 1.29 is 9.31 Å². The molecule has 5 nitrogen and oxygen atoms in total. The monoisotopic (exact) mass is 227 g/mol. The van der Waals surface area contributed by atoms with Crippen LogP contribution in [0.4, 0.5) is 10.1 Å². The topological polar surface area (TPSA) is 68.9 Å². The van der Waals surface area contributed by atoms with Crippen molar-refractivity contribution in [3.63, 3.8) is 0 Å². The van der Waals surface area contributed by atoms with E-state index in [0.717, 1.165) is 12.4 Å². The number of hydrogen-bond donors (Lipinski definition) is 0. The summed E-state index contributed by atoms with van der Waals surface area (Å²) in [5.41, 5.74) is -0.392. The molecule has 0 atom stereocenters. The van der Waals surface area contributed by atoms with Crippen LogP contribution in [0.1, 0.15) is 0 Å². The van der Waals surface area contributed by atoms with E-state index < -0.39 is 10.7 Å². The average Bonchev–Trinajstić information content (AvgIpc) is 2.19. The third-order valence-electron chi connectivity index (χ3n) is 1.85.